The van der Waals surface area contributed by atoms with Crippen molar-refractivity contribution < 1.29 is 39.0 Å². The number of hydrogen-bond donors (Lipinski definition) is 4. The number of aliphatic hydroxyl groups is 1. The molecule has 2 amide bonds. The van der Waals surface area contributed by atoms with E-state index in [1.165, 1.54) is 18.2 Å². The van der Waals surface area contributed by atoms with E-state index in [4.69, 9.17) is 11.5 Å². The third-order valence-corrected chi connectivity index (χ3v) is 6.75. The van der Waals surface area contributed by atoms with Crippen LogP contribution in [-0.4, -0.2) is 50.8 Å². The van der Waals surface area contributed by atoms with Gasteiger partial charge in [0, 0.05) is 18.4 Å². The Morgan fingerprint density at radius 3 is 2.38 bits per heavy atom. The predicted molar refractivity (Wildman–Crippen MR) is 107 cm³/mol. The zero-order valence-corrected chi connectivity index (χ0v) is 16.7. The summed E-state index contributed by atoms with van der Waals surface area (Å²) in [6, 6.07) is 2.73. The molecule has 0 aliphatic heterocycles. The van der Waals surface area contributed by atoms with Crippen molar-refractivity contribution in [3.63, 3.8) is 0 Å². The maximum absolute atomic E-state index is 13.3. The number of aromatic hydroxyl groups is 1. The van der Waals surface area contributed by atoms with Gasteiger partial charge in [-0.25, -0.2) is 0 Å². The molecule has 6 N–H and O–H groups in total. The third kappa shape index (κ3) is 2.90. The Balaban J connectivity index is 1.81. The summed E-state index contributed by atoms with van der Waals surface area (Å²) in [4.78, 5) is 74.5. The number of fused-ring (bicyclic) bond motifs is 3. The molecule has 0 heterocycles. The van der Waals surface area contributed by atoms with Crippen molar-refractivity contribution in [2.24, 2.45) is 35.1 Å². The molecule has 0 bridgehead atoms. The Bertz CT molecular complexity index is 1150. The molecule has 1 aromatic carbocycles. The monoisotopic (exact) mass is 440 g/mol. The van der Waals surface area contributed by atoms with Crippen LogP contribution in [0.1, 0.15) is 34.3 Å². The smallest absolute Gasteiger partial charge is 0.241 e. The maximum atomic E-state index is 13.3. The molecule has 3 aliphatic carbocycles. The van der Waals surface area contributed by atoms with Gasteiger partial charge in [-0.1, -0.05) is 6.07 Å². The molecular formula is C22H20N2O8. The Labute approximate surface area is 181 Å². The van der Waals surface area contributed by atoms with Gasteiger partial charge in [-0.2, -0.15) is 0 Å². The predicted octanol–water partition coefficient (Wildman–Crippen LogP) is -1.17. The first kappa shape index (κ1) is 21.6. The van der Waals surface area contributed by atoms with Gasteiger partial charge in [-0.05, 0) is 42.0 Å². The van der Waals surface area contributed by atoms with Crippen LogP contribution in [0.3, 0.4) is 0 Å². The van der Waals surface area contributed by atoms with Gasteiger partial charge in [0.2, 0.25) is 11.8 Å². The number of hydrogen-bond acceptors (Lipinski definition) is 8. The molecule has 0 spiro atoms. The van der Waals surface area contributed by atoms with E-state index in [-0.39, 0.29) is 24.2 Å². The van der Waals surface area contributed by atoms with Crippen molar-refractivity contribution in [3.05, 3.63) is 34.9 Å². The van der Waals surface area contributed by atoms with Crippen molar-refractivity contribution >= 4 is 41.0 Å². The first-order valence-corrected chi connectivity index (χ1v) is 9.98. The second kappa shape index (κ2) is 7.20. The van der Waals surface area contributed by atoms with Gasteiger partial charge in [0.15, 0.2) is 34.7 Å². The van der Waals surface area contributed by atoms with Crippen LogP contribution in [0.25, 0.3) is 6.08 Å². The van der Waals surface area contributed by atoms with E-state index < -0.39 is 70.6 Å². The van der Waals surface area contributed by atoms with E-state index in [0.717, 1.165) is 6.08 Å². The van der Waals surface area contributed by atoms with Crippen LogP contribution in [0.4, 0.5) is 0 Å². The minimum absolute atomic E-state index is 0.00429. The summed E-state index contributed by atoms with van der Waals surface area (Å²) in [5, 5.41) is 21.4. The molecule has 166 valence electrons. The zero-order valence-electron chi connectivity index (χ0n) is 16.7. The lowest BCUT2D eigenvalue weighted by Crippen LogP contribution is -2.68. The topological polar surface area (TPSA) is 195 Å². The average molecular weight is 440 g/mol. The molecule has 4 rings (SSSR count). The largest absolute Gasteiger partial charge is 0.507 e. The van der Waals surface area contributed by atoms with Gasteiger partial charge in [-0.15, -0.1) is 0 Å². The van der Waals surface area contributed by atoms with E-state index >= 15 is 0 Å². The van der Waals surface area contributed by atoms with Crippen molar-refractivity contribution in [3.8, 4) is 5.75 Å². The van der Waals surface area contributed by atoms with Crippen molar-refractivity contribution in [1.29, 1.82) is 0 Å². The highest BCUT2D eigenvalue weighted by atomic mass is 16.3. The highest BCUT2D eigenvalue weighted by molar-refractivity contribution is 6.31. The SMILES string of the molecule is NC(=O)C=Cc1ccc(O)c2c1C[C@H]1C[C@H]3CC(=O)C(C(N)=O)C(=O)[C@@]3(O)C(=O)C1C2=O. The fourth-order valence-electron chi connectivity index (χ4n) is 5.32. The summed E-state index contributed by atoms with van der Waals surface area (Å²) in [5.74, 6) is -11.4. The second-order valence-corrected chi connectivity index (χ2v) is 8.50. The lowest BCUT2D eigenvalue weighted by atomic mass is 9.53. The van der Waals surface area contributed by atoms with Crippen molar-refractivity contribution in [2.45, 2.75) is 24.9 Å². The van der Waals surface area contributed by atoms with Crippen LogP contribution in [-0.2, 0) is 30.4 Å². The molecule has 2 unspecified atom stereocenters. The Morgan fingerprint density at radius 2 is 1.75 bits per heavy atom. The van der Waals surface area contributed by atoms with Gasteiger partial charge in [0.25, 0.3) is 0 Å². The van der Waals surface area contributed by atoms with E-state index in [1.54, 1.807) is 0 Å². The van der Waals surface area contributed by atoms with Crippen molar-refractivity contribution in [2.75, 3.05) is 0 Å². The molecule has 2 saturated carbocycles. The number of phenolic OH excluding ortho intramolecular Hbond substituents is 1. The lowest BCUT2D eigenvalue weighted by molar-refractivity contribution is -0.175. The quantitative estimate of drug-likeness (QED) is 0.333. The number of benzene rings is 1. The summed E-state index contributed by atoms with van der Waals surface area (Å²) in [6.07, 6.45) is 2.20. The number of amides is 2. The highest BCUT2D eigenvalue weighted by Gasteiger charge is 2.66. The molecular weight excluding hydrogens is 420 g/mol. The molecule has 10 heteroatoms. The molecule has 5 atom stereocenters. The van der Waals surface area contributed by atoms with Gasteiger partial charge in [0.1, 0.15) is 5.75 Å². The number of primary amides is 2. The number of carbonyl (C=O) groups is 6. The van der Waals surface area contributed by atoms with Crippen LogP contribution in [0.15, 0.2) is 18.2 Å². The van der Waals surface area contributed by atoms with Crippen LogP contribution < -0.4 is 11.5 Å². The molecule has 0 saturated heterocycles. The highest BCUT2D eigenvalue weighted by Crippen LogP contribution is 2.50. The normalized spacial score (nSPS) is 31.8. The van der Waals surface area contributed by atoms with E-state index in [2.05, 4.69) is 0 Å². The van der Waals surface area contributed by atoms with Gasteiger partial charge in [0.05, 0.1) is 11.5 Å². The molecule has 0 aromatic heterocycles. The summed E-state index contributed by atoms with van der Waals surface area (Å²) in [5.41, 5.74) is 8.30. The van der Waals surface area contributed by atoms with Gasteiger partial charge in [-0.3, -0.25) is 28.8 Å². The van der Waals surface area contributed by atoms with E-state index in [9.17, 15) is 39.0 Å². The fraction of sp³-hybridized carbons (Fsp3) is 0.364. The number of carbonyl (C=O) groups excluding carboxylic acids is 6. The van der Waals surface area contributed by atoms with Gasteiger partial charge < -0.3 is 21.7 Å². The van der Waals surface area contributed by atoms with E-state index in [0.29, 0.717) is 11.1 Å². The number of ketones is 4. The maximum Gasteiger partial charge on any atom is 0.241 e. The van der Waals surface area contributed by atoms with Gasteiger partial charge >= 0.3 is 0 Å². The van der Waals surface area contributed by atoms with Crippen LogP contribution in [0.5, 0.6) is 5.75 Å². The first-order chi connectivity index (χ1) is 15.0. The molecule has 1 aromatic rings. The lowest BCUT2D eigenvalue weighted by Gasteiger charge is -2.48. The first-order valence-electron chi connectivity index (χ1n) is 9.98. The van der Waals surface area contributed by atoms with Crippen LogP contribution in [0.2, 0.25) is 0 Å². The molecule has 2 fully saturated rings. The zero-order chi connectivity index (χ0) is 23.5. The number of phenols is 1. The fourth-order valence-corrected chi connectivity index (χ4v) is 5.32. The summed E-state index contributed by atoms with van der Waals surface area (Å²) in [7, 11) is 0. The summed E-state index contributed by atoms with van der Waals surface area (Å²) >= 11 is 0. The Morgan fingerprint density at radius 1 is 1.06 bits per heavy atom. The minimum atomic E-state index is -2.68. The van der Waals surface area contributed by atoms with Crippen LogP contribution in [0, 0.1) is 23.7 Å². The molecule has 10 nitrogen and oxygen atoms in total. The standard InChI is InChI=1S/C22H20N2O8/c23-14(27)4-2-8-1-3-12(25)16-11(8)6-9-5-10-7-13(26)17(21(24)31)20(30)22(10,32)19(29)15(9)18(16)28/h1-4,9-10,15,17,25,32H,5-7H2,(H2,23,27)(H2,24,31)/t9-,10+,15?,17?,22+/m1/s1. The number of Topliss-reactive ketones (excluding diaryl/α,β-unsaturated/α-hetero) is 4. The van der Waals surface area contributed by atoms with Crippen molar-refractivity contribution in [1.82, 2.24) is 0 Å². The second-order valence-electron chi connectivity index (χ2n) is 8.50. The number of nitrogens with two attached hydrogens (primary N) is 2. The van der Waals surface area contributed by atoms with E-state index in [1.807, 2.05) is 0 Å². The number of rotatable bonds is 3. The summed E-state index contributed by atoms with van der Waals surface area (Å²) in [6.45, 7) is 0. The average Bonchev–Trinajstić information content (AvgIpc) is 2.69. The Hall–Kier alpha value is -3.66. The third-order valence-electron chi connectivity index (χ3n) is 6.75. The summed E-state index contributed by atoms with van der Waals surface area (Å²) < 4.78 is 0. The molecule has 0 radical (unpaired) electrons. The molecule has 32 heavy (non-hydrogen) atoms. The Kier molecular flexibility index (Phi) is 4.85. The molecule has 3 aliphatic rings. The minimum Gasteiger partial charge on any atom is -0.507 e. The van der Waals surface area contributed by atoms with Crippen LogP contribution >= 0.6 is 0 Å².